The summed E-state index contributed by atoms with van der Waals surface area (Å²) in [4.78, 5) is 16.4. The molecule has 2 unspecified atom stereocenters. The standard InChI is InChI=1S/C16H18FN3O/c1-11-5-6-13(17)12(9-11)16(21)19-14-3-2-4-15(14)20-8-7-18-10-20/h5-10,14-15H,2-4H2,1H3,(H,19,21). The summed E-state index contributed by atoms with van der Waals surface area (Å²) >= 11 is 0. The van der Waals surface area contributed by atoms with Gasteiger partial charge in [-0.3, -0.25) is 4.79 Å². The molecule has 0 aliphatic heterocycles. The summed E-state index contributed by atoms with van der Waals surface area (Å²) < 4.78 is 15.8. The van der Waals surface area contributed by atoms with Gasteiger partial charge in [-0.2, -0.15) is 0 Å². The molecule has 2 aromatic rings. The van der Waals surface area contributed by atoms with Crippen molar-refractivity contribution in [1.29, 1.82) is 0 Å². The average molecular weight is 287 g/mol. The van der Waals surface area contributed by atoms with E-state index in [4.69, 9.17) is 0 Å². The fourth-order valence-corrected chi connectivity index (χ4v) is 2.99. The second-order valence-corrected chi connectivity index (χ2v) is 5.57. The van der Waals surface area contributed by atoms with Gasteiger partial charge in [0.1, 0.15) is 5.82 Å². The van der Waals surface area contributed by atoms with Crippen LogP contribution in [0, 0.1) is 12.7 Å². The summed E-state index contributed by atoms with van der Waals surface area (Å²) in [5.74, 6) is -0.816. The molecule has 1 amide bonds. The third-order valence-electron chi connectivity index (χ3n) is 4.07. The first-order valence-corrected chi connectivity index (χ1v) is 7.19. The van der Waals surface area contributed by atoms with Gasteiger partial charge in [-0.05, 0) is 38.3 Å². The minimum absolute atomic E-state index is 0.0200. The predicted molar refractivity (Wildman–Crippen MR) is 77.5 cm³/mol. The molecule has 110 valence electrons. The van der Waals surface area contributed by atoms with Gasteiger partial charge in [0.25, 0.3) is 5.91 Å². The molecule has 4 nitrogen and oxygen atoms in total. The summed E-state index contributed by atoms with van der Waals surface area (Å²) in [6.07, 6.45) is 8.35. The van der Waals surface area contributed by atoms with Crippen molar-refractivity contribution in [2.75, 3.05) is 0 Å². The number of nitrogens with one attached hydrogen (secondary N) is 1. The lowest BCUT2D eigenvalue weighted by Crippen LogP contribution is -2.38. The lowest BCUT2D eigenvalue weighted by atomic mass is 10.1. The largest absolute Gasteiger partial charge is 0.347 e. The third-order valence-corrected chi connectivity index (χ3v) is 4.07. The van der Waals surface area contributed by atoms with Crippen LogP contribution in [0.2, 0.25) is 0 Å². The minimum Gasteiger partial charge on any atom is -0.347 e. The molecule has 1 heterocycles. The van der Waals surface area contributed by atoms with E-state index >= 15 is 0 Å². The molecular weight excluding hydrogens is 269 g/mol. The monoisotopic (exact) mass is 287 g/mol. The van der Waals surface area contributed by atoms with Crippen LogP contribution < -0.4 is 5.32 Å². The molecule has 0 saturated heterocycles. The Morgan fingerprint density at radius 1 is 1.43 bits per heavy atom. The van der Waals surface area contributed by atoms with Crippen molar-refractivity contribution in [1.82, 2.24) is 14.9 Å². The van der Waals surface area contributed by atoms with Crippen LogP contribution in [0.1, 0.15) is 41.2 Å². The van der Waals surface area contributed by atoms with Gasteiger partial charge in [0.2, 0.25) is 0 Å². The number of benzene rings is 1. The van der Waals surface area contributed by atoms with Crippen LogP contribution in [-0.4, -0.2) is 21.5 Å². The number of imidazole rings is 1. The third kappa shape index (κ3) is 2.82. The maximum atomic E-state index is 13.8. The maximum absolute atomic E-state index is 13.8. The second kappa shape index (κ2) is 5.68. The number of carbonyl (C=O) groups excluding carboxylic acids is 1. The first-order valence-electron chi connectivity index (χ1n) is 7.19. The molecule has 1 aromatic heterocycles. The van der Waals surface area contributed by atoms with Crippen LogP contribution >= 0.6 is 0 Å². The van der Waals surface area contributed by atoms with Crippen molar-refractivity contribution < 1.29 is 9.18 Å². The Morgan fingerprint density at radius 2 is 2.29 bits per heavy atom. The van der Waals surface area contributed by atoms with E-state index in [9.17, 15) is 9.18 Å². The Morgan fingerprint density at radius 3 is 3.05 bits per heavy atom. The zero-order valence-corrected chi connectivity index (χ0v) is 11.9. The number of carbonyl (C=O) groups is 1. The number of hydrogen-bond acceptors (Lipinski definition) is 2. The van der Waals surface area contributed by atoms with Crippen molar-refractivity contribution in [3.63, 3.8) is 0 Å². The first-order chi connectivity index (χ1) is 10.1. The highest BCUT2D eigenvalue weighted by atomic mass is 19.1. The summed E-state index contributed by atoms with van der Waals surface area (Å²) in [6, 6.07) is 4.81. The Kier molecular flexibility index (Phi) is 3.73. The van der Waals surface area contributed by atoms with E-state index in [0.29, 0.717) is 0 Å². The Hall–Kier alpha value is -2.17. The van der Waals surface area contributed by atoms with Gasteiger partial charge in [-0.25, -0.2) is 9.37 Å². The molecule has 1 N–H and O–H groups in total. The summed E-state index contributed by atoms with van der Waals surface area (Å²) in [5, 5.41) is 2.97. The number of halogens is 1. The molecule has 0 spiro atoms. The van der Waals surface area contributed by atoms with Crippen LogP contribution in [-0.2, 0) is 0 Å². The first kappa shape index (κ1) is 13.8. The number of aryl methyl sites for hydroxylation is 1. The zero-order chi connectivity index (χ0) is 14.8. The zero-order valence-electron chi connectivity index (χ0n) is 11.9. The molecule has 3 rings (SSSR count). The predicted octanol–water partition coefficient (Wildman–Crippen LogP) is 2.85. The van der Waals surface area contributed by atoms with Crippen LogP contribution in [0.3, 0.4) is 0 Å². The number of aromatic nitrogens is 2. The summed E-state index contributed by atoms with van der Waals surface area (Å²) in [7, 11) is 0. The number of rotatable bonds is 3. The molecule has 1 aromatic carbocycles. The van der Waals surface area contributed by atoms with Crippen LogP contribution in [0.5, 0.6) is 0 Å². The van der Waals surface area contributed by atoms with Gasteiger partial charge in [0.15, 0.2) is 0 Å². The maximum Gasteiger partial charge on any atom is 0.254 e. The molecule has 1 fully saturated rings. The van der Waals surface area contributed by atoms with Crippen molar-refractivity contribution in [3.8, 4) is 0 Å². The highest BCUT2D eigenvalue weighted by Gasteiger charge is 2.30. The van der Waals surface area contributed by atoms with E-state index < -0.39 is 5.82 Å². The van der Waals surface area contributed by atoms with Gasteiger partial charge < -0.3 is 9.88 Å². The van der Waals surface area contributed by atoms with E-state index in [2.05, 4.69) is 10.3 Å². The van der Waals surface area contributed by atoms with Crippen molar-refractivity contribution in [2.45, 2.75) is 38.3 Å². The average Bonchev–Trinajstić information content (AvgIpc) is 3.11. The minimum atomic E-state index is -0.477. The highest BCUT2D eigenvalue weighted by molar-refractivity contribution is 5.94. The Labute approximate surface area is 123 Å². The van der Waals surface area contributed by atoms with E-state index in [1.807, 2.05) is 17.7 Å². The number of hydrogen-bond donors (Lipinski definition) is 1. The fourth-order valence-electron chi connectivity index (χ4n) is 2.99. The fraction of sp³-hybridized carbons (Fsp3) is 0.375. The van der Waals surface area contributed by atoms with Gasteiger partial charge in [-0.15, -0.1) is 0 Å². The molecule has 2 atom stereocenters. The van der Waals surface area contributed by atoms with Gasteiger partial charge in [0.05, 0.1) is 17.9 Å². The van der Waals surface area contributed by atoms with Crippen LogP contribution in [0.25, 0.3) is 0 Å². The smallest absolute Gasteiger partial charge is 0.254 e. The Bertz CT molecular complexity index is 639. The lowest BCUT2D eigenvalue weighted by Gasteiger charge is -2.22. The van der Waals surface area contributed by atoms with E-state index in [-0.39, 0.29) is 23.6 Å². The second-order valence-electron chi connectivity index (χ2n) is 5.57. The highest BCUT2D eigenvalue weighted by Crippen LogP contribution is 2.30. The SMILES string of the molecule is Cc1ccc(F)c(C(=O)NC2CCCC2n2ccnc2)c1. The Balaban J connectivity index is 1.76. The van der Waals surface area contributed by atoms with E-state index in [1.165, 1.54) is 6.07 Å². The molecule has 1 aliphatic rings. The number of amides is 1. The normalized spacial score (nSPS) is 21.4. The van der Waals surface area contributed by atoms with Gasteiger partial charge >= 0.3 is 0 Å². The molecular formula is C16H18FN3O. The van der Waals surface area contributed by atoms with Crippen molar-refractivity contribution in [3.05, 3.63) is 53.9 Å². The molecule has 1 aliphatic carbocycles. The molecule has 0 bridgehead atoms. The summed E-state index contributed by atoms with van der Waals surface area (Å²) in [5.41, 5.74) is 0.991. The van der Waals surface area contributed by atoms with Crippen molar-refractivity contribution >= 4 is 5.91 Å². The molecule has 21 heavy (non-hydrogen) atoms. The van der Waals surface area contributed by atoms with Crippen LogP contribution in [0.15, 0.2) is 36.9 Å². The summed E-state index contributed by atoms with van der Waals surface area (Å²) in [6.45, 7) is 1.85. The molecule has 0 radical (unpaired) electrons. The van der Waals surface area contributed by atoms with Gasteiger partial charge in [-0.1, -0.05) is 11.6 Å². The molecule has 1 saturated carbocycles. The van der Waals surface area contributed by atoms with E-state index in [1.54, 1.807) is 24.7 Å². The quantitative estimate of drug-likeness (QED) is 0.943. The number of nitrogens with zero attached hydrogens (tertiary/aromatic N) is 2. The van der Waals surface area contributed by atoms with Crippen LogP contribution in [0.4, 0.5) is 4.39 Å². The van der Waals surface area contributed by atoms with Gasteiger partial charge in [0, 0.05) is 18.4 Å². The van der Waals surface area contributed by atoms with Crippen molar-refractivity contribution in [2.24, 2.45) is 0 Å². The van der Waals surface area contributed by atoms with E-state index in [0.717, 1.165) is 24.8 Å². The lowest BCUT2D eigenvalue weighted by molar-refractivity contribution is 0.0924. The topological polar surface area (TPSA) is 46.9 Å². The molecule has 5 heteroatoms.